The molecule has 2 unspecified atom stereocenters. The molecule has 0 spiro atoms. The molecular formula is C22H30N4O3. The molecule has 29 heavy (non-hydrogen) atoms. The third kappa shape index (κ3) is 2.55. The summed E-state index contributed by atoms with van der Waals surface area (Å²) in [6, 6.07) is 1.58. The van der Waals surface area contributed by atoms with Crippen molar-refractivity contribution >= 4 is 11.9 Å². The van der Waals surface area contributed by atoms with Crippen molar-refractivity contribution < 1.29 is 14.3 Å². The van der Waals surface area contributed by atoms with Crippen LogP contribution >= 0.6 is 0 Å². The largest absolute Gasteiger partial charge is 0.458 e. The van der Waals surface area contributed by atoms with Gasteiger partial charge in [0.05, 0.1) is 12.1 Å². The number of likely N-dealkylation sites (tertiary alicyclic amines) is 1. The number of nitrogens with zero attached hydrogens (tertiary/aromatic N) is 2. The van der Waals surface area contributed by atoms with Crippen molar-refractivity contribution in [2.24, 2.45) is 34.6 Å². The summed E-state index contributed by atoms with van der Waals surface area (Å²) in [5.74, 6) is 1.07. The lowest BCUT2D eigenvalue weighted by Crippen LogP contribution is -2.66. The first-order valence-electron chi connectivity index (χ1n) is 11.3. The van der Waals surface area contributed by atoms with Crippen LogP contribution in [0.2, 0.25) is 0 Å². The van der Waals surface area contributed by atoms with Crippen LogP contribution in [0, 0.1) is 34.5 Å². The molecule has 7 rings (SSSR count). The van der Waals surface area contributed by atoms with Gasteiger partial charge in [-0.25, -0.2) is 0 Å². The molecule has 6 atom stereocenters. The van der Waals surface area contributed by atoms with Gasteiger partial charge in [-0.15, -0.1) is 0 Å². The van der Waals surface area contributed by atoms with Gasteiger partial charge < -0.3 is 21.1 Å². The topological polar surface area (TPSA) is 122 Å². The van der Waals surface area contributed by atoms with Gasteiger partial charge in [0.25, 0.3) is 0 Å². The molecule has 7 aliphatic rings. The number of nitrogens with two attached hydrogens (primary N) is 2. The number of hydrogen-bond acceptors (Lipinski definition) is 6. The van der Waals surface area contributed by atoms with Gasteiger partial charge in [0, 0.05) is 6.04 Å². The predicted molar refractivity (Wildman–Crippen MR) is 103 cm³/mol. The van der Waals surface area contributed by atoms with Crippen molar-refractivity contribution in [3.63, 3.8) is 0 Å². The first kappa shape index (κ1) is 18.1. The van der Waals surface area contributed by atoms with Crippen molar-refractivity contribution in [2.75, 3.05) is 0 Å². The number of piperidine rings is 1. The number of esters is 1. The van der Waals surface area contributed by atoms with Gasteiger partial charge in [-0.2, -0.15) is 5.26 Å². The normalized spacial score (nSPS) is 48.6. The number of fused-ring (bicyclic) bond motifs is 1. The van der Waals surface area contributed by atoms with E-state index in [1.165, 1.54) is 0 Å². The second-order valence-corrected chi connectivity index (χ2v) is 11.2. The molecule has 156 valence electrons. The lowest BCUT2D eigenvalue weighted by atomic mass is 9.46. The fourth-order valence-corrected chi connectivity index (χ4v) is 7.68. The molecule has 7 nitrogen and oxygen atoms in total. The number of rotatable bonds is 4. The summed E-state index contributed by atoms with van der Waals surface area (Å²) < 4.78 is 6.13. The second-order valence-electron chi connectivity index (χ2n) is 11.2. The zero-order valence-corrected chi connectivity index (χ0v) is 16.8. The fourth-order valence-electron chi connectivity index (χ4n) is 7.68. The van der Waals surface area contributed by atoms with Crippen LogP contribution in [-0.4, -0.2) is 46.0 Å². The van der Waals surface area contributed by atoms with E-state index in [-0.39, 0.29) is 29.4 Å². The Morgan fingerprint density at radius 2 is 1.79 bits per heavy atom. The van der Waals surface area contributed by atoms with Crippen molar-refractivity contribution in [3.8, 4) is 6.07 Å². The molecule has 6 aliphatic carbocycles. The van der Waals surface area contributed by atoms with Crippen molar-refractivity contribution in [3.05, 3.63) is 0 Å². The molecule has 4 N–H and O–H groups in total. The number of amides is 1. The molecule has 7 fully saturated rings. The first-order valence-corrected chi connectivity index (χ1v) is 11.3. The molecule has 1 aliphatic heterocycles. The molecule has 7 heteroatoms. The molecule has 6 saturated carbocycles. The maximum Gasteiger partial charge on any atom is 0.326 e. The quantitative estimate of drug-likeness (QED) is 0.686. The Labute approximate surface area is 171 Å². The standard InChI is InChI=1S/C22H30N4O3/c23-10-15-4-14-5-16(14)26(15)18(27)17(24)20-6-12-3-13(7-20)9-21(8-12,11-20)29-19(28)22(25)1-2-22/h12-17H,1-9,11,24-25H2/t12?,13?,14-,15+,16+,17-,20?,21?/m1/s1. The van der Waals surface area contributed by atoms with Crippen LogP contribution in [0.25, 0.3) is 0 Å². The highest BCUT2D eigenvalue weighted by Crippen LogP contribution is 2.64. The van der Waals surface area contributed by atoms with E-state index in [1.807, 2.05) is 0 Å². The van der Waals surface area contributed by atoms with E-state index < -0.39 is 17.2 Å². The Hall–Kier alpha value is -1.65. The van der Waals surface area contributed by atoms with Gasteiger partial charge in [-0.3, -0.25) is 9.59 Å². The van der Waals surface area contributed by atoms with Crippen molar-refractivity contribution in [1.82, 2.24) is 4.90 Å². The lowest BCUT2D eigenvalue weighted by molar-refractivity contribution is -0.207. The zero-order valence-electron chi connectivity index (χ0n) is 16.8. The molecule has 0 aromatic carbocycles. The number of ether oxygens (including phenoxy) is 1. The van der Waals surface area contributed by atoms with Gasteiger partial charge in [0.1, 0.15) is 17.2 Å². The maximum absolute atomic E-state index is 13.5. The summed E-state index contributed by atoms with van der Waals surface area (Å²) in [6.07, 6.45) is 8.63. The highest BCUT2D eigenvalue weighted by atomic mass is 16.6. The Bertz CT molecular complexity index is 816. The molecular weight excluding hydrogens is 368 g/mol. The summed E-state index contributed by atoms with van der Waals surface area (Å²) in [7, 11) is 0. The molecule has 0 aromatic heterocycles. The summed E-state index contributed by atoms with van der Waals surface area (Å²) in [5.41, 5.74) is 11.2. The van der Waals surface area contributed by atoms with E-state index in [4.69, 9.17) is 16.2 Å². The minimum atomic E-state index is -0.787. The molecule has 1 amide bonds. The third-order valence-electron chi connectivity index (χ3n) is 8.99. The molecule has 4 bridgehead atoms. The van der Waals surface area contributed by atoms with Crippen molar-refractivity contribution in [1.29, 1.82) is 5.26 Å². The lowest BCUT2D eigenvalue weighted by Gasteiger charge is -2.62. The van der Waals surface area contributed by atoms with Crippen LogP contribution in [0.1, 0.15) is 64.2 Å². The summed E-state index contributed by atoms with van der Waals surface area (Å²) >= 11 is 0. The van der Waals surface area contributed by atoms with E-state index in [2.05, 4.69) is 6.07 Å². The molecule has 0 radical (unpaired) electrons. The predicted octanol–water partition coefficient (Wildman–Crippen LogP) is 1.20. The molecule has 1 heterocycles. The van der Waals surface area contributed by atoms with Gasteiger partial charge in [-0.05, 0) is 87.4 Å². The van der Waals surface area contributed by atoms with E-state index in [1.54, 1.807) is 4.90 Å². The van der Waals surface area contributed by atoms with Crippen LogP contribution in [0.5, 0.6) is 0 Å². The highest BCUT2D eigenvalue weighted by molar-refractivity contribution is 5.85. The van der Waals surface area contributed by atoms with E-state index in [9.17, 15) is 14.9 Å². The van der Waals surface area contributed by atoms with Crippen LogP contribution in [0.3, 0.4) is 0 Å². The zero-order chi connectivity index (χ0) is 20.2. The van der Waals surface area contributed by atoms with Gasteiger partial charge in [0.2, 0.25) is 5.91 Å². The number of hydrogen-bond donors (Lipinski definition) is 2. The SMILES string of the molecule is N#C[C@@H]1C[C@@H]2C[C@@H]2N1C(=O)[C@@H](N)C12CC3CC(CC(OC(=O)C4(N)CC4)(C3)C1)C2. The second kappa shape index (κ2) is 5.53. The van der Waals surface area contributed by atoms with Gasteiger partial charge >= 0.3 is 5.97 Å². The summed E-state index contributed by atoms with van der Waals surface area (Å²) in [6.45, 7) is 0. The minimum absolute atomic E-state index is 0.0533. The number of nitriles is 1. The Balaban J connectivity index is 1.27. The first-order chi connectivity index (χ1) is 13.8. The van der Waals surface area contributed by atoms with E-state index >= 15 is 0 Å². The third-order valence-corrected chi connectivity index (χ3v) is 8.99. The number of carbonyl (C=O) groups is 2. The average Bonchev–Trinajstić information content (AvgIpc) is 3.57. The average molecular weight is 399 g/mol. The van der Waals surface area contributed by atoms with Gasteiger partial charge in [-0.1, -0.05) is 0 Å². The monoisotopic (exact) mass is 398 g/mol. The van der Waals surface area contributed by atoms with Crippen LogP contribution < -0.4 is 11.5 Å². The van der Waals surface area contributed by atoms with Crippen LogP contribution in [0.4, 0.5) is 0 Å². The molecule has 0 aromatic rings. The Morgan fingerprint density at radius 3 is 2.41 bits per heavy atom. The summed E-state index contributed by atoms with van der Waals surface area (Å²) in [5, 5.41) is 9.51. The Morgan fingerprint density at radius 1 is 1.10 bits per heavy atom. The summed E-state index contributed by atoms with van der Waals surface area (Å²) in [4.78, 5) is 28.0. The fraction of sp³-hybridized carbons (Fsp3) is 0.864. The Kier molecular flexibility index (Phi) is 3.46. The minimum Gasteiger partial charge on any atom is -0.458 e. The van der Waals surface area contributed by atoms with Crippen LogP contribution in [-0.2, 0) is 14.3 Å². The van der Waals surface area contributed by atoms with E-state index in [0.29, 0.717) is 37.0 Å². The highest BCUT2D eigenvalue weighted by Gasteiger charge is 2.65. The van der Waals surface area contributed by atoms with Crippen LogP contribution in [0.15, 0.2) is 0 Å². The smallest absolute Gasteiger partial charge is 0.326 e. The number of carbonyl (C=O) groups excluding carboxylic acids is 2. The van der Waals surface area contributed by atoms with Gasteiger partial charge in [0.15, 0.2) is 0 Å². The van der Waals surface area contributed by atoms with Crippen molar-refractivity contribution in [2.45, 2.75) is 93.5 Å². The molecule has 1 saturated heterocycles. The maximum atomic E-state index is 13.5. The van der Waals surface area contributed by atoms with E-state index in [0.717, 1.165) is 44.9 Å².